The molecule has 1 N–H and O–H groups in total. The topological polar surface area (TPSA) is 37.8 Å². The zero-order valence-electron chi connectivity index (χ0n) is 9.60. The summed E-state index contributed by atoms with van der Waals surface area (Å²) in [5.74, 6) is 0.841. The first-order valence-electron chi connectivity index (χ1n) is 5.48. The Morgan fingerprint density at radius 1 is 1.18 bits per heavy atom. The Morgan fingerprint density at radius 3 is 2.41 bits per heavy atom. The molecule has 0 aliphatic carbocycles. The van der Waals surface area contributed by atoms with Crippen LogP contribution >= 0.6 is 22.6 Å². The highest BCUT2D eigenvalue weighted by molar-refractivity contribution is 14.1. The van der Waals surface area contributed by atoms with Crippen LogP contribution in [0.15, 0.2) is 42.7 Å². The van der Waals surface area contributed by atoms with Gasteiger partial charge in [-0.05, 0) is 59.8 Å². The van der Waals surface area contributed by atoms with Crippen molar-refractivity contribution in [3.05, 3.63) is 57.7 Å². The van der Waals surface area contributed by atoms with Crippen LogP contribution in [0.5, 0.6) is 0 Å². The second-order valence-corrected chi connectivity index (χ2v) is 5.02. The maximum Gasteiger partial charge on any atom is 0.145 e. The molecule has 0 bridgehead atoms. The van der Waals surface area contributed by atoms with Crippen molar-refractivity contribution in [2.75, 3.05) is 7.05 Å². The maximum absolute atomic E-state index is 4.29. The van der Waals surface area contributed by atoms with Gasteiger partial charge in [-0.1, -0.05) is 12.1 Å². The fraction of sp³-hybridized carbons (Fsp3) is 0.231. The number of rotatable bonds is 4. The molecular weight excluding hydrogens is 325 g/mol. The lowest BCUT2D eigenvalue weighted by molar-refractivity contribution is 0.557. The van der Waals surface area contributed by atoms with Crippen LogP contribution < -0.4 is 5.32 Å². The number of hydrogen-bond donors (Lipinski definition) is 1. The summed E-state index contributed by atoms with van der Waals surface area (Å²) in [5.41, 5.74) is 1.29. The van der Waals surface area contributed by atoms with Crippen molar-refractivity contribution in [2.45, 2.75) is 12.5 Å². The van der Waals surface area contributed by atoms with E-state index in [0.29, 0.717) is 0 Å². The van der Waals surface area contributed by atoms with E-state index in [1.165, 1.54) is 9.13 Å². The molecule has 0 spiro atoms. The van der Waals surface area contributed by atoms with Crippen molar-refractivity contribution < 1.29 is 0 Å². The van der Waals surface area contributed by atoms with Gasteiger partial charge in [-0.3, -0.25) is 0 Å². The Hall–Kier alpha value is -1.01. The molecule has 3 nitrogen and oxygen atoms in total. The molecule has 2 rings (SSSR count). The third-order valence-electron chi connectivity index (χ3n) is 2.60. The second-order valence-electron chi connectivity index (χ2n) is 3.78. The second kappa shape index (κ2) is 6.07. The van der Waals surface area contributed by atoms with E-state index in [4.69, 9.17) is 0 Å². The summed E-state index contributed by atoms with van der Waals surface area (Å²) in [7, 11) is 1.94. The number of nitrogens with one attached hydrogen (secondary N) is 1. The molecule has 0 aliphatic heterocycles. The predicted octanol–water partition coefficient (Wildman–Crippen LogP) is 2.58. The van der Waals surface area contributed by atoms with Crippen LogP contribution in [0.4, 0.5) is 0 Å². The van der Waals surface area contributed by atoms with E-state index in [-0.39, 0.29) is 6.04 Å². The molecule has 0 saturated heterocycles. The molecule has 17 heavy (non-hydrogen) atoms. The molecule has 88 valence electrons. The lowest BCUT2D eigenvalue weighted by Gasteiger charge is -2.14. The molecular formula is C13H14IN3. The monoisotopic (exact) mass is 339 g/mol. The van der Waals surface area contributed by atoms with Gasteiger partial charge in [-0.15, -0.1) is 0 Å². The Balaban J connectivity index is 2.13. The molecule has 2 aromatic rings. The molecule has 1 aromatic carbocycles. The minimum Gasteiger partial charge on any atom is -0.310 e. The van der Waals surface area contributed by atoms with Crippen LogP contribution in [0.1, 0.15) is 17.4 Å². The molecule has 0 saturated carbocycles. The first-order chi connectivity index (χ1) is 8.29. The summed E-state index contributed by atoms with van der Waals surface area (Å²) in [6.45, 7) is 0. The zero-order chi connectivity index (χ0) is 12.1. The van der Waals surface area contributed by atoms with Gasteiger partial charge in [0, 0.05) is 16.0 Å². The number of hydrogen-bond acceptors (Lipinski definition) is 3. The van der Waals surface area contributed by atoms with Crippen LogP contribution in [0.25, 0.3) is 0 Å². The molecule has 4 heteroatoms. The highest BCUT2D eigenvalue weighted by atomic mass is 127. The molecule has 0 fully saturated rings. The van der Waals surface area contributed by atoms with Crippen LogP contribution in [-0.4, -0.2) is 17.0 Å². The third-order valence-corrected chi connectivity index (χ3v) is 3.32. The Morgan fingerprint density at radius 2 is 1.82 bits per heavy atom. The molecule has 1 heterocycles. The lowest BCUT2D eigenvalue weighted by Crippen LogP contribution is -2.21. The number of likely N-dealkylation sites (N-methyl/N-ethyl adjacent to an activating group) is 1. The van der Waals surface area contributed by atoms with E-state index in [9.17, 15) is 0 Å². The quantitative estimate of drug-likeness (QED) is 0.870. The SMILES string of the molecule is CNC(Cc1ccc(I)cc1)c1ncccn1. The van der Waals surface area contributed by atoms with Gasteiger partial charge in [0.1, 0.15) is 5.82 Å². The average Bonchev–Trinajstić information content (AvgIpc) is 2.39. The fourth-order valence-corrected chi connectivity index (χ4v) is 2.03. The number of halogens is 1. The normalized spacial score (nSPS) is 12.4. The van der Waals surface area contributed by atoms with E-state index in [1.54, 1.807) is 12.4 Å². The van der Waals surface area contributed by atoms with Crippen molar-refractivity contribution >= 4 is 22.6 Å². The minimum absolute atomic E-state index is 0.163. The number of benzene rings is 1. The van der Waals surface area contributed by atoms with Crippen molar-refractivity contribution in [3.63, 3.8) is 0 Å². The van der Waals surface area contributed by atoms with Crippen LogP contribution in [-0.2, 0) is 6.42 Å². The van der Waals surface area contributed by atoms with Gasteiger partial charge in [0.2, 0.25) is 0 Å². The average molecular weight is 339 g/mol. The predicted molar refractivity (Wildman–Crippen MR) is 76.7 cm³/mol. The highest BCUT2D eigenvalue weighted by Gasteiger charge is 2.12. The fourth-order valence-electron chi connectivity index (χ4n) is 1.67. The van der Waals surface area contributed by atoms with Crippen LogP contribution in [0, 0.1) is 3.57 Å². The summed E-state index contributed by atoms with van der Waals surface area (Å²) in [4.78, 5) is 8.58. The van der Waals surface area contributed by atoms with Gasteiger partial charge in [0.15, 0.2) is 0 Å². The molecule has 1 unspecified atom stereocenters. The Labute approximate surface area is 115 Å². The minimum atomic E-state index is 0.163. The van der Waals surface area contributed by atoms with Gasteiger partial charge >= 0.3 is 0 Å². The van der Waals surface area contributed by atoms with Crippen molar-refractivity contribution in [1.82, 2.24) is 15.3 Å². The van der Waals surface area contributed by atoms with Gasteiger partial charge in [-0.25, -0.2) is 9.97 Å². The maximum atomic E-state index is 4.29. The molecule has 0 radical (unpaired) electrons. The van der Waals surface area contributed by atoms with Crippen LogP contribution in [0.2, 0.25) is 0 Å². The number of aromatic nitrogens is 2. The van der Waals surface area contributed by atoms with E-state index >= 15 is 0 Å². The Kier molecular flexibility index (Phi) is 4.44. The van der Waals surface area contributed by atoms with Gasteiger partial charge in [0.05, 0.1) is 6.04 Å². The van der Waals surface area contributed by atoms with Gasteiger partial charge in [0.25, 0.3) is 0 Å². The van der Waals surface area contributed by atoms with Gasteiger partial charge < -0.3 is 5.32 Å². The van der Waals surface area contributed by atoms with E-state index in [0.717, 1.165) is 12.2 Å². The molecule has 1 atom stereocenters. The third kappa shape index (κ3) is 3.47. The zero-order valence-corrected chi connectivity index (χ0v) is 11.8. The van der Waals surface area contributed by atoms with Crippen molar-refractivity contribution in [2.24, 2.45) is 0 Å². The van der Waals surface area contributed by atoms with E-state index < -0.39 is 0 Å². The van der Waals surface area contributed by atoms with Crippen molar-refractivity contribution in [1.29, 1.82) is 0 Å². The van der Waals surface area contributed by atoms with E-state index in [1.807, 2.05) is 13.1 Å². The van der Waals surface area contributed by atoms with Crippen molar-refractivity contribution in [3.8, 4) is 0 Å². The first kappa shape index (κ1) is 12.4. The molecule has 1 aromatic heterocycles. The molecule has 0 amide bonds. The summed E-state index contributed by atoms with van der Waals surface area (Å²) < 4.78 is 1.25. The summed E-state index contributed by atoms with van der Waals surface area (Å²) in [6.07, 6.45) is 4.46. The summed E-state index contributed by atoms with van der Waals surface area (Å²) in [6, 6.07) is 10.5. The van der Waals surface area contributed by atoms with E-state index in [2.05, 4.69) is 62.1 Å². The standard InChI is InChI=1S/C13H14IN3/c1-15-12(13-16-7-2-8-17-13)9-10-3-5-11(14)6-4-10/h2-8,12,15H,9H2,1H3. The first-order valence-corrected chi connectivity index (χ1v) is 6.56. The lowest BCUT2D eigenvalue weighted by atomic mass is 10.1. The summed E-state index contributed by atoms with van der Waals surface area (Å²) >= 11 is 2.31. The smallest absolute Gasteiger partial charge is 0.145 e. The molecule has 0 aliphatic rings. The number of nitrogens with zero attached hydrogens (tertiary/aromatic N) is 2. The highest BCUT2D eigenvalue weighted by Crippen LogP contribution is 2.15. The summed E-state index contributed by atoms with van der Waals surface area (Å²) in [5, 5.41) is 3.25. The van der Waals surface area contributed by atoms with Crippen LogP contribution in [0.3, 0.4) is 0 Å². The Bertz CT molecular complexity index is 456. The largest absolute Gasteiger partial charge is 0.310 e. The van der Waals surface area contributed by atoms with Gasteiger partial charge in [-0.2, -0.15) is 0 Å².